The van der Waals surface area contributed by atoms with Gasteiger partial charge in [0.15, 0.2) is 0 Å². The van der Waals surface area contributed by atoms with Crippen LogP contribution in [0.3, 0.4) is 0 Å². The van der Waals surface area contributed by atoms with Gasteiger partial charge in [-0.3, -0.25) is 0 Å². The molecule has 1 aromatic carbocycles. The summed E-state index contributed by atoms with van der Waals surface area (Å²) in [5.74, 6) is -1.51. The predicted octanol–water partition coefficient (Wildman–Crippen LogP) is 5.04. The Hall–Kier alpha value is -2.81. The van der Waals surface area contributed by atoms with E-state index in [0.717, 1.165) is 7.11 Å². The Morgan fingerprint density at radius 2 is 1.79 bits per heavy atom. The minimum atomic E-state index is -5.02. The molecule has 33 heavy (non-hydrogen) atoms. The van der Waals surface area contributed by atoms with Gasteiger partial charge in [0.05, 0.1) is 5.56 Å². The summed E-state index contributed by atoms with van der Waals surface area (Å²) in [6.07, 6.45) is -3.57. The molecule has 0 saturated carbocycles. The second-order valence-electron chi connectivity index (χ2n) is 8.09. The van der Waals surface area contributed by atoms with Crippen LogP contribution in [-0.2, 0) is 26.3 Å². The van der Waals surface area contributed by atoms with Crippen LogP contribution in [0.2, 0.25) is 0 Å². The molecule has 182 valence electrons. The third-order valence-corrected chi connectivity index (χ3v) is 5.81. The van der Waals surface area contributed by atoms with Gasteiger partial charge in [-0.05, 0) is 32.6 Å². The molecule has 1 unspecified atom stereocenters. The van der Waals surface area contributed by atoms with Crippen molar-refractivity contribution in [3.05, 3.63) is 63.7 Å². The molecule has 3 atom stereocenters. The van der Waals surface area contributed by atoms with Crippen LogP contribution in [-0.4, -0.2) is 30.5 Å². The molecule has 0 aliphatic rings. The van der Waals surface area contributed by atoms with Crippen molar-refractivity contribution in [2.45, 2.75) is 64.3 Å². The van der Waals surface area contributed by atoms with Crippen LogP contribution >= 0.6 is 0 Å². The standard InChI is InChI=1S/C24H29F3O6/c1-15(10-8-9-13-19-14-20(28)16(2)21(29)33-19)17(3)32-22(30)23(31-4,24(25,26)27)18-11-6-5-7-12-18/h5-7,11-12,14-15,17,28H,8-10,13H2,1-4H3/t15?,17-,23-/m0/s1. The van der Waals surface area contributed by atoms with Gasteiger partial charge >= 0.3 is 17.8 Å². The first kappa shape index (κ1) is 26.4. The van der Waals surface area contributed by atoms with Crippen molar-refractivity contribution in [2.75, 3.05) is 7.11 Å². The zero-order valence-corrected chi connectivity index (χ0v) is 19.1. The topological polar surface area (TPSA) is 86.0 Å². The Morgan fingerprint density at radius 1 is 1.15 bits per heavy atom. The van der Waals surface area contributed by atoms with Crippen molar-refractivity contribution in [2.24, 2.45) is 5.92 Å². The van der Waals surface area contributed by atoms with E-state index in [4.69, 9.17) is 13.9 Å². The number of methoxy groups -OCH3 is 1. The monoisotopic (exact) mass is 470 g/mol. The highest BCUT2D eigenvalue weighted by molar-refractivity contribution is 5.82. The van der Waals surface area contributed by atoms with Gasteiger partial charge in [0, 0.05) is 25.2 Å². The summed E-state index contributed by atoms with van der Waals surface area (Å²) in [6, 6.07) is 8.07. The predicted molar refractivity (Wildman–Crippen MR) is 115 cm³/mol. The molecule has 1 N–H and O–H groups in total. The number of aromatic hydroxyl groups is 1. The Kier molecular flexibility index (Phi) is 8.71. The van der Waals surface area contributed by atoms with Gasteiger partial charge in [0.1, 0.15) is 17.6 Å². The molecule has 0 spiro atoms. The van der Waals surface area contributed by atoms with Crippen molar-refractivity contribution in [3.63, 3.8) is 0 Å². The van der Waals surface area contributed by atoms with Crippen molar-refractivity contribution in [1.29, 1.82) is 0 Å². The quantitative estimate of drug-likeness (QED) is 0.387. The number of halogens is 3. The third kappa shape index (κ3) is 5.96. The van der Waals surface area contributed by atoms with E-state index in [0.29, 0.717) is 31.4 Å². The zero-order chi connectivity index (χ0) is 24.8. The SMILES string of the molecule is CO[C@](C(=O)O[C@@H](C)C(C)CCCCc1cc(O)c(C)c(=O)o1)(c1ccccc1)C(F)(F)F. The fourth-order valence-electron chi connectivity index (χ4n) is 3.47. The summed E-state index contributed by atoms with van der Waals surface area (Å²) in [5.41, 5.74) is -4.02. The van der Waals surface area contributed by atoms with Gasteiger partial charge in [-0.1, -0.05) is 43.7 Å². The number of hydrogen-bond acceptors (Lipinski definition) is 6. The van der Waals surface area contributed by atoms with E-state index < -0.39 is 29.5 Å². The molecule has 0 fully saturated rings. The first-order valence-electron chi connectivity index (χ1n) is 10.6. The fourth-order valence-corrected chi connectivity index (χ4v) is 3.47. The number of ether oxygens (including phenoxy) is 2. The Bertz CT molecular complexity index is 986. The van der Waals surface area contributed by atoms with Crippen LogP contribution in [0.25, 0.3) is 0 Å². The number of rotatable bonds is 10. The van der Waals surface area contributed by atoms with Gasteiger partial charge in [0.25, 0.3) is 5.60 Å². The lowest BCUT2D eigenvalue weighted by Crippen LogP contribution is -2.52. The highest BCUT2D eigenvalue weighted by Crippen LogP contribution is 2.43. The second-order valence-corrected chi connectivity index (χ2v) is 8.09. The van der Waals surface area contributed by atoms with Crippen molar-refractivity contribution in [1.82, 2.24) is 0 Å². The van der Waals surface area contributed by atoms with Crippen LogP contribution in [0, 0.1) is 12.8 Å². The molecule has 0 saturated heterocycles. The van der Waals surface area contributed by atoms with Gasteiger partial charge < -0.3 is 19.0 Å². The van der Waals surface area contributed by atoms with Crippen molar-refractivity contribution in [3.8, 4) is 5.75 Å². The van der Waals surface area contributed by atoms with Gasteiger partial charge in [0.2, 0.25) is 0 Å². The molecule has 0 aliphatic heterocycles. The van der Waals surface area contributed by atoms with E-state index in [2.05, 4.69) is 0 Å². The molecule has 2 rings (SSSR count). The average Bonchev–Trinajstić information content (AvgIpc) is 2.75. The lowest BCUT2D eigenvalue weighted by molar-refractivity contribution is -0.278. The first-order valence-corrected chi connectivity index (χ1v) is 10.6. The summed E-state index contributed by atoms with van der Waals surface area (Å²) in [6.45, 7) is 4.78. The van der Waals surface area contributed by atoms with Gasteiger partial charge in [-0.15, -0.1) is 0 Å². The Balaban J connectivity index is 1.99. The molecule has 0 bridgehead atoms. The van der Waals surface area contributed by atoms with E-state index in [9.17, 15) is 27.9 Å². The Morgan fingerprint density at radius 3 is 2.33 bits per heavy atom. The molecular formula is C24H29F3O6. The average molecular weight is 470 g/mol. The van der Waals surface area contributed by atoms with Crippen molar-refractivity contribution < 1.29 is 37.0 Å². The molecule has 0 radical (unpaired) electrons. The van der Waals surface area contributed by atoms with Crippen LogP contribution < -0.4 is 5.63 Å². The van der Waals surface area contributed by atoms with E-state index in [1.807, 2.05) is 0 Å². The van der Waals surface area contributed by atoms with E-state index >= 15 is 0 Å². The number of aryl methyl sites for hydroxylation is 1. The largest absolute Gasteiger partial charge is 0.507 e. The number of carbonyl (C=O) groups is 1. The summed E-state index contributed by atoms with van der Waals surface area (Å²) in [4.78, 5) is 24.3. The fraction of sp³-hybridized carbons (Fsp3) is 0.500. The molecule has 0 amide bonds. The molecule has 2 aromatic rings. The van der Waals surface area contributed by atoms with Crippen LogP contribution in [0.15, 0.2) is 45.6 Å². The minimum absolute atomic E-state index is 0.125. The summed E-state index contributed by atoms with van der Waals surface area (Å²) in [7, 11) is 0.830. The number of alkyl halides is 3. The molecule has 1 heterocycles. The van der Waals surface area contributed by atoms with Crippen LogP contribution in [0.1, 0.15) is 50.0 Å². The van der Waals surface area contributed by atoms with Crippen molar-refractivity contribution >= 4 is 5.97 Å². The normalized spacial score (nSPS) is 15.5. The first-order chi connectivity index (χ1) is 15.4. The number of esters is 1. The maximum Gasteiger partial charge on any atom is 0.432 e. The maximum absolute atomic E-state index is 14.0. The molecular weight excluding hydrogens is 441 g/mol. The molecule has 6 nitrogen and oxygen atoms in total. The lowest BCUT2D eigenvalue weighted by Gasteiger charge is -2.34. The number of carbonyl (C=O) groups excluding carboxylic acids is 1. The van der Waals surface area contributed by atoms with Gasteiger partial charge in [-0.25, -0.2) is 9.59 Å². The van der Waals surface area contributed by atoms with Crippen LogP contribution in [0.5, 0.6) is 5.75 Å². The van der Waals surface area contributed by atoms with Gasteiger partial charge in [-0.2, -0.15) is 13.2 Å². The molecule has 1 aromatic heterocycles. The second kappa shape index (κ2) is 10.9. The molecule has 0 aliphatic carbocycles. The highest BCUT2D eigenvalue weighted by Gasteiger charge is 2.64. The van der Waals surface area contributed by atoms with E-state index in [1.54, 1.807) is 19.9 Å². The number of benzene rings is 1. The van der Waals surface area contributed by atoms with Crippen LogP contribution in [0.4, 0.5) is 13.2 Å². The zero-order valence-electron chi connectivity index (χ0n) is 19.1. The summed E-state index contributed by atoms with van der Waals surface area (Å²) in [5, 5.41) is 9.71. The number of hydrogen-bond donors (Lipinski definition) is 1. The van der Waals surface area contributed by atoms with E-state index in [1.165, 1.54) is 37.3 Å². The minimum Gasteiger partial charge on any atom is -0.507 e. The number of unbranched alkanes of at least 4 members (excludes halogenated alkanes) is 1. The Labute approximate surface area is 190 Å². The smallest absolute Gasteiger partial charge is 0.432 e. The highest BCUT2D eigenvalue weighted by atomic mass is 19.4. The summed E-state index contributed by atoms with van der Waals surface area (Å²) < 4.78 is 57.0. The lowest BCUT2D eigenvalue weighted by atomic mass is 9.92. The summed E-state index contributed by atoms with van der Waals surface area (Å²) >= 11 is 0. The van der Waals surface area contributed by atoms with E-state index in [-0.39, 0.29) is 22.8 Å². The third-order valence-electron chi connectivity index (χ3n) is 5.81. The maximum atomic E-state index is 14.0. The molecule has 9 heteroatoms.